The lowest BCUT2D eigenvalue weighted by Gasteiger charge is -2.21. The number of aliphatic carboxylic acids is 1. The molecule has 1 amide bonds. The van der Waals surface area contributed by atoms with Gasteiger partial charge in [-0.15, -0.1) is 0 Å². The molecule has 1 aromatic carbocycles. The van der Waals surface area contributed by atoms with Crippen molar-refractivity contribution >= 4 is 17.6 Å². The lowest BCUT2D eigenvalue weighted by atomic mass is 9.82. The van der Waals surface area contributed by atoms with Crippen LogP contribution in [0.5, 0.6) is 5.75 Å². The van der Waals surface area contributed by atoms with Crippen molar-refractivity contribution in [1.29, 1.82) is 0 Å². The van der Waals surface area contributed by atoms with Gasteiger partial charge in [-0.3, -0.25) is 9.59 Å². The average molecular weight is 275 g/mol. The van der Waals surface area contributed by atoms with Crippen LogP contribution in [0.1, 0.15) is 0 Å². The molecule has 1 aromatic rings. The zero-order valence-corrected chi connectivity index (χ0v) is 10.4. The van der Waals surface area contributed by atoms with Crippen LogP contribution in [0.2, 0.25) is 0 Å². The molecular formula is C14H13NO5. The van der Waals surface area contributed by atoms with Crippen molar-refractivity contribution in [2.75, 3.05) is 5.32 Å². The Morgan fingerprint density at radius 1 is 1.10 bits per heavy atom. The highest BCUT2D eigenvalue weighted by Gasteiger charge is 2.53. The monoisotopic (exact) mass is 275 g/mol. The van der Waals surface area contributed by atoms with Crippen molar-refractivity contribution in [2.24, 2.45) is 11.8 Å². The molecule has 1 fully saturated rings. The number of aromatic hydroxyl groups is 1. The summed E-state index contributed by atoms with van der Waals surface area (Å²) in [6, 6.07) is 6.30. The summed E-state index contributed by atoms with van der Waals surface area (Å²) in [7, 11) is 0. The molecule has 3 rings (SSSR count). The van der Waals surface area contributed by atoms with Crippen molar-refractivity contribution in [1.82, 2.24) is 0 Å². The first-order chi connectivity index (χ1) is 9.58. The minimum atomic E-state index is -1.06. The second kappa shape index (κ2) is 4.64. The Labute approximate surface area is 114 Å². The number of carbonyl (C=O) groups is 2. The van der Waals surface area contributed by atoms with Crippen LogP contribution in [0, 0.1) is 11.8 Å². The van der Waals surface area contributed by atoms with Gasteiger partial charge in [0.25, 0.3) is 0 Å². The van der Waals surface area contributed by atoms with Crippen molar-refractivity contribution in [3.63, 3.8) is 0 Å². The van der Waals surface area contributed by atoms with Gasteiger partial charge < -0.3 is 20.3 Å². The molecule has 0 aromatic heterocycles. The van der Waals surface area contributed by atoms with Crippen molar-refractivity contribution < 1.29 is 24.5 Å². The molecule has 104 valence electrons. The molecule has 2 aliphatic heterocycles. The zero-order valence-electron chi connectivity index (χ0n) is 10.4. The predicted octanol–water partition coefficient (Wildman–Crippen LogP) is 0.985. The van der Waals surface area contributed by atoms with Gasteiger partial charge in [0.15, 0.2) is 0 Å². The number of carboxylic acid groups (broad SMARTS) is 1. The molecule has 2 aliphatic rings. The number of phenolic OH excluding ortho intramolecular Hbond substituents is 1. The lowest BCUT2D eigenvalue weighted by Crippen LogP contribution is -2.39. The fourth-order valence-electron chi connectivity index (χ4n) is 2.71. The summed E-state index contributed by atoms with van der Waals surface area (Å²) in [5.41, 5.74) is 0.258. The van der Waals surface area contributed by atoms with E-state index in [1.807, 2.05) is 0 Å². The summed E-state index contributed by atoms with van der Waals surface area (Å²) in [4.78, 5) is 23.6. The number of fused-ring (bicyclic) bond motifs is 2. The van der Waals surface area contributed by atoms with Crippen LogP contribution < -0.4 is 5.32 Å². The molecule has 2 bridgehead atoms. The second-order valence-corrected chi connectivity index (χ2v) is 4.85. The van der Waals surface area contributed by atoms with Crippen molar-refractivity contribution in [3.05, 3.63) is 36.4 Å². The van der Waals surface area contributed by atoms with Crippen LogP contribution >= 0.6 is 0 Å². The number of hydrogen-bond donors (Lipinski definition) is 3. The maximum Gasteiger partial charge on any atom is 0.310 e. The van der Waals surface area contributed by atoms with E-state index >= 15 is 0 Å². The number of hydrogen-bond acceptors (Lipinski definition) is 4. The third-order valence-corrected chi connectivity index (χ3v) is 3.65. The number of para-hydroxylation sites is 2. The Hall–Kier alpha value is -2.34. The lowest BCUT2D eigenvalue weighted by molar-refractivity contribution is -0.145. The van der Waals surface area contributed by atoms with E-state index in [0.717, 1.165) is 0 Å². The van der Waals surface area contributed by atoms with Gasteiger partial charge in [-0.05, 0) is 12.1 Å². The zero-order chi connectivity index (χ0) is 14.3. The number of anilines is 1. The topological polar surface area (TPSA) is 95.9 Å². The molecule has 0 saturated carbocycles. The van der Waals surface area contributed by atoms with Gasteiger partial charge in [-0.25, -0.2) is 0 Å². The van der Waals surface area contributed by atoms with E-state index in [4.69, 9.17) is 4.74 Å². The molecular weight excluding hydrogens is 262 g/mol. The molecule has 4 atom stereocenters. The normalized spacial score (nSPS) is 30.4. The summed E-state index contributed by atoms with van der Waals surface area (Å²) >= 11 is 0. The summed E-state index contributed by atoms with van der Waals surface area (Å²) in [5, 5.41) is 21.4. The summed E-state index contributed by atoms with van der Waals surface area (Å²) < 4.78 is 5.43. The minimum Gasteiger partial charge on any atom is -0.506 e. The SMILES string of the molecule is O=C(O)[C@H]1[C@H](C(=O)Nc2ccccc2O)[C@H]2C=C[C@H]1O2. The van der Waals surface area contributed by atoms with Crippen molar-refractivity contribution in [2.45, 2.75) is 12.2 Å². The number of carbonyl (C=O) groups excluding carboxylic acids is 1. The molecule has 3 N–H and O–H groups in total. The Balaban J connectivity index is 1.82. The highest BCUT2D eigenvalue weighted by atomic mass is 16.5. The number of amides is 1. The van der Waals surface area contributed by atoms with Gasteiger partial charge in [0.05, 0.1) is 23.8 Å². The molecule has 0 unspecified atom stereocenters. The van der Waals surface area contributed by atoms with E-state index in [1.165, 1.54) is 6.07 Å². The minimum absolute atomic E-state index is 0.0626. The smallest absolute Gasteiger partial charge is 0.310 e. The van der Waals surface area contributed by atoms with E-state index < -0.39 is 35.9 Å². The number of phenols is 1. The quantitative estimate of drug-likeness (QED) is 0.564. The number of benzene rings is 1. The predicted molar refractivity (Wildman–Crippen MR) is 69.2 cm³/mol. The number of ether oxygens (including phenoxy) is 1. The molecule has 6 nitrogen and oxygen atoms in total. The van der Waals surface area contributed by atoms with Crippen LogP contribution in [-0.4, -0.2) is 34.3 Å². The third-order valence-electron chi connectivity index (χ3n) is 3.65. The van der Waals surface area contributed by atoms with Crippen LogP contribution in [-0.2, 0) is 14.3 Å². The second-order valence-electron chi connectivity index (χ2n) is 4.85. The fraction of sp³-hybridized carbons (Fsp3) is 0.286. The molecule has 0 spiro atoms. The first kappa shape index (κ1) is 12.7. The fourth-order valence-corrected chi connectivity index (χ4v) is 2.71. The average Bonchev–Trinajstić information content (AvgIpc) is 3.01. The molecule has 0 aliphatic carbocycles. The van der Waals surface area contributed by atoms with Crippen LogP contribution in [0.3, 0.4) is 0 Å². The first-order valence-electron chi connectivity index (χ1n) is 6.23. The van der Waals surface area contributed by atoms with Crippen LogP contribution in [0.15, 0.2) is 36.4 Å². The summed E-state index contributed by atoms with van der Waals surface area (Å²) in [6.45, 7) is 0. The number of rotatable bonds is 3. The number of nitrogens with one attached hydrogen (secondary N) is 1. The van der Waals surface area contributed by atoms with Gasteiger partial charge in [0.1, 0.15) is 11.7 Å². The largest absolute Gasteiger partial charge is 0.506 e. The van der Waals surface area contributed by atoms with Crippen LogP contribution in [0.25, 0.3) is 0 Å². The van der Waals surface area contributed by atoms with Crippen molar-refractivity contribution in [3.8, 4) is 5.75 Å². The van der Waals surface area contributed by atoms with E-state index in [-0.39, 0.29) is 11.4 Å². The van der Waals surface area contributed by atoms with Gasteiger partial charge >= 0.3 is 5.97 Å². The third kappa shape index (κ3) is 1.94. The maximum absolute atomic E-state index is 12.3. The molecule has 0 radical (unpaired) electrons. The van der Waals surface area contributed by atoms with Gasteiger partial charge in [0, 0.05) is 0 Å². The molecule has 2 heterocycles. The van der Waals surface area contributed by atoms with Gasteiger partial charge in [-0.1, -0.05) is 24.3 Å². The van der Waals surface area contributed by atoms with Gasteiger partial charge in [0.2, 0.25) is 5.91 Å². The molecule has 20 heavy (non-hydrogen) atoms. The van der Waals surface area contributed by atoms with E-state index in [2.05, 4.69) is 5.32 Å². The maximum atomic E-state index is 12.3. The Morgan fingerprint density at radius 2 is 1.75 bits per heavy atom. The highest BCUT2D eigenvalue weighted by molar-refractivity contribution is 5.97. The van der Waals surface area contributed by atoms with E-state index in [9.17, 15) is 19.8 Å². The summed E-state index contributed by atoms with van der Waals surface area (Å²) in [6.07, 6.45) is 2.30. The standard InChI is InChI=1S/C14H13NO5/c16-8-4-2-1-3-7(8)15-13(17)11-9-5-6-10(20-9)12(11)14(18)19/h1-6,9-12,16H,(H,15,17)(H,18,19)/t9-,10-,11-,12-/m1/s1. The molecule has 1 saturated heterocycles. The van der Waals surface area contributed by atoms with E-state index in [1.54, 1.807) is 30.4 Å². The molecule has 6 heteroatoms. The Bertz CT molecular complexity index is 597. The van der Waals surface area contributed by atoms with E-state index in [0.29, 0.717) is 0 Å². The summed E-state index contributed by atoms with van der Waals surface area (Å²) in [5.74, 6) is -3.26. The Kier molecular flexibility index (Phi) is 2.94. The van der Waals surface area contributed by atoms with Gasteiger partial charge in [-0.2, -0.15) is 0 Å². The number of carboxylic acids is 1. The van der Waals surface area contributed by atoms with Crippen LogP contribution in [0.4, 0.5) is 5.69 Å². The Morgan fingerprint density at radius 3 is 2.40 bits per heavy atom. The first-order valence-corrected chi connectivity index (χ1v) is 6.23. The highest BCUT2D eigenvalue weighted by Crippen LogP contribution is 2.40.